The van der Waals surface area contributed by atoms with E-state index in [0.29, 0.717) is 12.5 Å². The SMILES string of the molecule is C.C.C.C.POCc1ccccc1.[B]CC(C)COCC. The maximum Gasteiger partial charge on any atom is 0.0752 e. The Bertz CT molecular complexity index is 258. The summed E-state index contributed by atoms with van der Waals surface area (Å²) in [7, 11) is 7.56. The van der Waals surface area contributed by atoms with Gasteiger partial charge in [-0.1, -0.05) is 73.3 Å². The Morgan fingerprint density at radius 1 is 1.10 bits per heavy atom. The van der Waals surface area contributed by atoms with Gasteiger partial charge in [-0.25, -0.2) is 0 Å². The average molecular weight is 316 g/mol. The predicted molar refractivity (Wildman–Crippen MR) is 104 cm³/mol. The summed E-state index contributed by atoms with van der Waals surface area (Å²) in [6.07, 6.45) is 0.722. The minimum absolute atomic E-state index is 0. The number of benzene rings is 1. The molecular formula is C17H38BO2P. The van der Waals surface area contributed by atoms with E-state index in [1.807, 2.05) is 37.3 Å². The second kappa shape index (κ2) is 24.6. The maximum atomic E-state index is 5.33. The summed E-state index contributed by atoms with van der Waals surface area (Å²) in [6.45, 7) is 6.34. The number of ether oxygens (including phenoxy) is 1. The molecule has 0 saturated heterocycles. The maximum absolute atomic E-state index is 5.33. The molecule has 1 aromatic carbocycles. The van der Waals surface area contributed by atoms with Gasteiger partial charge in [0.05, 0.1) is 14.5 Å². The number of rotatable bonds is 6. The van der Waals surface area contributed by atoms with Gasteiger partial charge in [0.2, 0.25) is 0 Å². The van der Waals surface area contributed by atoms with Crippen molar-refractivity contribution >= 4 is 17.3 Å². The van der Waals surface area contributed by atoms with E-state index < -0.39 is 0 Å². The van der Waals surface area contributed by atoms with Gasteiger partial charge >= 0.3 is 0 Å². The normalized spacial score (nSPS) is 9.29. The van der Waals surface area contributed by atoms with Gasteiger partial charge in [-0.05, 0) is 18.4 Å². The Morgan fingerprint density at radius 2 is 1.62 bits per heavy atom. The molecule has 126 valence electrons. The van der Waals surface area contributed by atoms with Gasteiger partial charge in [-0.3, -0.25) is 0 Å². The van der Waals surface area contributed by atoms with Crippen molar-refractivity contribution in [3.8, 4) is 0 Å². The van der Waals surface area contributed by atoms with Crippen LogP contribution in [0.3, 0.4) is 0 Å². The van der Waals surface area contributed by atoms with Crippen LogP contribution < -0.4 is 0 Å². The third kappa shape index (κ3) is 22.1. The molecule has 1 rings (SSSR count). The first-order valence-electron chi connectivity index (χ1n) is 5.88. The van der Waals surface area contributed by atoms with Crippen LogP contribution in [-0.4, -0.2) is 21.1 Å². The van der Waals surface area contributed by atoms with E-state index in [0.717, 1.165) is 19.5 Å². The summed E-state index contributed by atoms with van der Waals surface area (Å²) in [4.78, 5) is 0. The fourth-order valence-corrected chi connectivity index (χ4v) is 1.25. The van der Waals surface area contributed by atoms with Crippen LogP contribution in [0.1, 0.15) is 49.1 Å². The Morgan fingerprint density at radius 3 is 2.00 bits per heavy atom. The lowest BCUT2D eigenvalue weighted by molar-refractivity contribution is 0.122. The van der Waals surface area contributed by atoms with Crippen molar-refractivity contribution in [3.05, 3.63) is 35.9 Å². The van der Waals surface area contributed by atoms with Gasteiger partial charge in [0.15, 0.2) is 0 Å². The monoisotopic (exact) mass is 316 g/mol. The minimum atomic E-state index is 0. The highest BCUT2D eigenvalue weighted by molar-refractivity contribution is 7.09. The fourth-order valence-electron chi connectivity index (χ4n) is 1.06. The molecule has 0 aliphatic carbocycles. The average Bonchev–Trinajstić information content (AvgIpc) is 2.38. The summed E-state index contributed by atoms with van der Waals surface area (Å²) in [5.74, 6) is 0.509. The van der Waals surface area contributed by atoms with E-state index in [9.17, 15) is 0 Å². The van der Waals surface area contributed by atoms with E-state index in [-0.39, 0.29) is 29.7 Å². The van der Waals surface area contributed by atoms with Crippen molar-refractivity contribution < 1.29 is 9.26 Å². The molecule has 0 spiro atoms. The van der Waals surface area contributed by atoms with E-state index in [1.54, 1.807) is 0 Å². The van der Waals surface area contributed by atoms with Crippen molar-refractivity contribution in [3.63, 3.8) is 0 Å². The summed E-state index contributed by atoms with van der Waals surface area (Å²) < 4.78 is 9.95. The molecule has 2 atom stereocenters. The lowest BCUT2D eigenvalue weighted by atomic mass is 9.93. The molecule has 4 heteroatoms. The summed E-state index contributed by atoms with van der Waals surface area (Å²) >= 11 is 0. The Kier molecular flexibility index (Phi) is 38.2. The van der Waals surface area contributed by atoms with Gasteiger partial charge in [-0.2, -0.15) is 0 Å². The highest BCUT2D eigenvalue weighted by Gasteiger charge is 1.94. The van der Waals surface area contributed by atoms with Crippen molar-refractivity contribution in [1.29, 1.82) is 0 Å². The van der Waals surface area contributed by atoms with E-state index in [1.165, 1.54) is 5.56 Å². The van der Waals surface area contributed by atoms with Crippen LogP contribution in [0.5, 0.6) is 0 Å². The molecule has 0 aliphatic heterocycles. The van der Waals surface area contributed by atoms with Gasteiger partial charge < -0.3 is 9.26 Å². The molecule has 0 aromatic heterocycles. The van der Waals surface area contributed by atoms with Gasteiger partial charge in [0.1, 0.15) is 0 Å². The fraction of sp³-hybridized carbons (Fsp3) is 0.647. The zero-order valence-electron chi connectivity index (χ0n) is 10.8. The largest absolute Gasteiger partial charge is 0.381 e. The molecule has 2 unspecified atom stereocenters. The van der Waals surface area contributed by atoms with Crippen LogP contribution in [0.25, 0.3) is 0 Å². The lowest BCUT2D eigenvalue weighted by Crippen LogP contribution is -2.04. The second-order valence-electron chi connectivity index (χ2n) is 3.80. The highest BCUT2D eigenvalue weighted by atomic mass is 31.0. The molecule has 2 nitrogen and oxygen atoms in total. The molecular weight excluding hydrogens is 278 g/mol. The molecule has 21 heavy (non-hydrogen) atoms. The zero-order valence-corrected chi connectivity index (χ0v) is 11.9. The quantitative estimate of drug-likeness (QED) is 0.489. The third-order valence-electron chi connectivity index (χ3n) is 2.10. The Hall–Kier alpha value is -0.365. The first kappa shape index (κ1) is 32.5. The molecule has 0 N–H and O–H groups in total. The molecule has 1 aromatic rings. The number of hydrogen-bond acceptors (Lipinski definition) is 2. The summed E-state index contributed by atoms with van der Waals surface area (Å²) in [5.41, 5.74) is 1.20. The molecule has 0 aliphatic rings. The van der Waals surface area contributed by atoms with Crippen LogP contribution in [0.15, 0.2) is 30.3 Å². The highest BCUT2D eigenvalue weighted by Crippen LogP contribution is 2.01. The predicted octanol–water partition coefficient (Wildman–Crippen LogP) is 5.78. The minimum Gasteiger partial charge on any atom is -0.381 e. The van der Waals surface area contributed by atoms with Crippen molar-refractivity contribution in [2.75, 3.05) is 13.2 Å². The second-order valence-corrected chi connectivity index (χ2v) is 4.13. The third-order valence-corrected chi connectivity index (χ3v) is 2.27. The molecule has 0 amide bonds. The molecule has 0 saturated carbocycles. The lowest BCUT2D eigenvalue weighted by Gasteiger charge is -2.06. The summed E-state index contributed by atoms with van der Waals surface area (Å²) in [5, 5.41) is 0. The van der Waals surface area contributed by atoms with Crippen molar-refractivity contribution in [2.45, 2.75) is 56.5 Å². The summed E-state index contributed by atoms with van der Waals surface area (Å²) in [6, 6.07) is 10.1. The van der Waals surface area contributed by atoms with Crippen molar-refractivity contribution in [2.24, 2.45) is 5.92 Å². The molecule has 0 bridgehead atoms. The van der Waals surface area contributed by atoms with Crippen LogP contribution in [0, 0.1) is 5.92 Å². The standard InChI is InChI=1S/C7H9OP.C6H13BO.4CH4/c9-8-6-7-4-2-1-3-5-7;1-3-8-5-6(2)4-7;;;;/h1-5H,6,9H2;6H,3-5H2,1-2H3;4*1H4. The topological polar surface area (TPSA) is 18.5 Å². The Labute approximate surface area is 138 Å². The number of hydrogen-bond donors (Lipinski definition) is 0. The first-order chi connectivity index (χ1) is 8.24. The first-order valence-corrected chi connectivity index (χ1v) is 6.35. The van der Waals surface area contributed by atoms with Gasteiger partial charge in [0.25, 0.3) is 0 Å². The van der Waals surface area contributed by atoms with Crippen LogP contribution in [-0.2, 0) is 15.9 Å². The molecule has 0 heterocycles. The van der Waals surface area contributed by atoms with Crippen LogP contribution in [0.4, 0.5) is 0 Å². The van der Waals surface area contributed by atoms with E-state index >= 15 is 0 Å². The Balaban J connectivity index is -0.0000000687. The van der Waals surface area contributed by atoms with E-state index in [4.69, 9.17) is 17.1 Å². The van der Waals surface area contributed by atoms with Crippen LogP contribution >= 0.6 is 9.47 Å². The zero-order chi connectivity index (χ0) is 12.9. The molecule has 0 fully saturated rings. The van der Waals surface area contributed by atoms with Gasteiger partial charge in [-0.15, -0.1) is 0 Å². The van der Waals surface area contributed by atoms with Gasteiger partial charge in [0, 0.05) is 22.7 Å². The van der Waals surface area contributed by atoms with Crippen molar-refractivity contribution in [1.82, 2.24) is 0 Å². The smallest absolute Gasteiger partial charge is 0.0752 e. The molecule has 2 radical (unpaired) electrons. The van der Waals surface area contributed by atoms with Crippen LogP contribution in [0.2, 0.25) is 6.32 Å². The van der Waals surface area contributed by atoms with E-state index in [2.05, 4.69) is 16.4 Å².